The van der Waals surface area contributed by atoms with Crippen molar-refractivity contribution < 1.29 is 13.2 Å². The lowest BCUT2D eigenvalue weighted by Gasteiger charge is -2.18. The van der Waals surface area contributed by atoms with E-state index in [1.807, 2.05) is 18.7 Å². The second-order valence-electron chi connectivity index (χ2n) is 7.11. The van der Waals surface area contributed by atoms with E-state index in [0.29, 0.717) is 24.9 Å². The van der Waals surface area contributed by atoms with Crippen LogP contribution in [0, 0.1) is 13.8 Å². The van der Waals surface area contributed by atoms with E-state index in [9.17, 15) is 8.42 Å². The van der Waals surface area contributed by atoms with E-state index in [1.165, 1.54) is 17.5 Å². The van der Waals surface area contributed by atoms with Crippen molar-refractivity contribution in [2.24, 2.45) is 12.0 Å². The van der Waals surface area contributed by atoms with Crippen LogP contribution in [-0.2, 0) is 23.3 Å². The number of nitrogens with one attached hydrogen (secondary N) is 2. The number of sulfone groups is 1. The number of guanidine groups is 1. The average molecular weight is 422 g/mol. The maximum Gasteiger partial charge on any atom is 0.191 e. The van der Waals surface area contributed by atoms with Crippen LogP contribution in [0.25, 0.3) is 0 Å². The standard InChI is InChI=1S/C20H31N5O3S/c1-14(13-19-15(2)24-25(5)16(19)3)23-20(21-4)22-11-12-28-17-7-9-18(10-8-17)29(6,26)27/h7-10,14H,11-13H2,1-6H3,(H2,21,22,23). The molecule has 29 heavy (non-hydrogen) atoms. The van der Waals surface area contributed by atoms with Gasteiger partial charge in [-0.05, 0) is 57.0 Å². The van der Waals surface area contributed by atoms with Crippen LogP contribution in [0.3, 0.4) is 0 Å². The summed E-state index contributed by atoms with van der Waals surface area (Å²) in [6.07, 6.45) is 2.04. The Balaban J connectivity index is 1.78. The molecule has 1 unspecified atom stereocenters. The molecule has 1 aromatic carbocycles. The zero-order valence-electron chi connectivity index (χ0n) is 18.0. The fourth-order valence-corrected chi connectivity index (χ4v) is 3.65. The second-order valence-corrected chi connectivity index (χ2v) is 9.13. The van der Waals surface area contributed by atoms with Gasteiger partial charge < -0.3 is 15.4 Å². The fraction of sp³-hybridized carbons (Fsp3) is 0.500. The number of rotatable bonds is 8. The van der Waals surface area contributed by atoms with Gasteiger partial charge in [0.25, 0.3) is 0 Å². The van der Waals surface area contributed by atoms with Gasteiger partial charge in [0.1, 0.15) is 12.4 Å². The first kappa shape index (κ1) is 22.7. The van der Waals surface area contributed by atoms with E-state index in [-0.39, 0.29) is 10.9 Å². The summed E-state index contributed by atoms with van der Waals surface area (Å²) in [5.41, 5.74) is 3.48. The minimum Gasteiger partial charge on any atom is -0.492 e. The van der Waals surface area contributed by atoms with Crippen molar-refractivity contribution in [1.82, 2.24) is 20.4 Å². The van der Waals surface area contributed by atoms with Crippen molar-refractivity contribution in [2.75, 3.05) is 26.5 Å². The maximum atomic E-state index is 11.5. The molecule has 0 saturated carbocycles. The van der Waals surface area contributed by atoms with E-state index in [2.05, 4.69) is 34.6 Å². The van der Waals surface area contributed by atoms with Gasteiger partial charge >= 0.3 is 0 Å². The molecule has 1 atom stereocenters. The summed E-state index contributed by atoms with van der Waals surface area (Å²) in [6, 6.07) is 6.59. The van der Waals surface area contributed by atoms with Gasteiger partial charge in [-0.25, -0.2) is 8.42 Å². The minimum atomic E-state index is -3.19. The Morgan fingerprint density at radius 2 is 1.93 bits per heavy atom. The molecule has 160 valence electrons. The molecule has 2 rings (SSSR count). The monoisotopic (exact) mass is 421 g/mol. The number of nitrogens with zero attached hydrogens (tertiary/aromatic N) is 3. The highest BCUT2D eigenvalue weighted by Crippen LogP contribution is 2.16. The smallest absolute Gasteiger partial charge is 0.191 e. The number of aliphatic imine (C=N–C) groups is 1. The van der Waals surface area contributed by atoms with Crippen molar-refractivity contribution in [3.8, 4) is 5.75 Å². The summed E-state index contributed by atoms with van der Waals surface area (Å²) in [5.74, 6) is 1.32. The molecule has 9 heteroatoms. The second kappa shape index (κ2) is 9.78. The molecule has 0 amide bonds. The highest BCUT2D eigenvalue weighted by Gasteiger charge is 2.14. The average Bonchev–Trinajstić information content (AvgIpc) is 2.90. The molecule has 8 nitrogen and oxygen atoms in total. The van der Waals surface area contributed by atoms with Gasteiger partial charge in [-0.15, -0.1) is 0 Å². The SMILES string of the molecule is CN=C(NCCOc1ccc(S(C)(=O)=O)cc1)NC(C)Cc1c(C)nn(C)c1C. The third kappa shape index (κ3) is 6.49. The molecule has 0 fully saturated rings. The molecule has 0 aliphatic rings. The van der Waals surface area contributed by atoms with Crippen LogP contribution in [0.2, 0.25) is 0 Å². The quantitative estimate of drug-likeness (QED) is 0.382. The van der Waals surface area contributed by atoms with Crippen LogP contribution >= 0.6 is 0 Å². The van der Waals surface area contributed by atoms with Crippen LogP contribution in [0.4, 0.5) is 0 Å². The van der Waals surface area contributed by atoms with Crippen molar-refractivity contribution in [1.29, 1.82) is 0 Å². The third-order valence-corrected chi connectivity index (χ3v) is 5.82. The van der Waals surface area contributed by atoms with E-state index < -0.39 is 9.84 Å². The molecule has 0 radical (unpaired) electrons. The van der Waals surface area contributed by atoms with Crippen LogP contribution in [0.1, 0.15) is 23.9 Å². The number of aryl methyl sites for hydroxylation is 2. The predicted octanol–water partition coefficient (Wildman–Crippen LogP) is 1.62. The van der Waals surface area contributed by atoms with Gasteiger partial charge in [-0.2, -0.15) is 5.10 Å². The highest BCUT2D eigenvalue weighted by molar-refractivity contribution is 7.90. The van der Waals surface area contributed by atoms with E-state index >= 15 is 0 Å². The normalized spacial score (nSPS) is 13.2. The number of benzene rings is 1. The summed E-state index contributed by atoms with van der Waals surface area (Å²) in [6.45, 7) is 7.20. The first-order valence-corrected chi connectivity index (χ1v) is 11.4. The van der Waals surface area contributed by atoms with Crippen molar-refractivity contribution >= 4 is 15.8 Å². The van der Waals surface area contributed by atoms with Crippen LogP contribution < -0.4 is 15.4 Å². The van der Waals surface area contributed by atoms with Gasteiger partial charge in [0.05, 0.1) is 17.1 Å². The molecule has 0 aliphatic carbocycles. The molecule has 2 aromatic rings. The molecule has 0 saturated heterocycles. The van der Waals surface area contributed by atoms with Crippen molar-refractivity contribution in [3.05, 3.63) is 41.2 Å². The summed E-state index contributed by atoms with van der Waals surface area (Å²) < 4.78 is 30.5. The van der Waals surface area contributed by atoms with Crippen molar-refractivity contribution in [3.63, 3.8) is 0 Å². The van der Waals surface area contributed by atoms with Gasteiger partial charge in [-0.3, -0.25) is 9.67 Å². The number of hydrogen-bond donors (Lipinski definition) is 2. The predicted molar refractivity (Wildman–Crippen MR) is 115 cm³/mol. The summed E-state index contributed by atoms with van der Waals surface area (Å²) in [7, 11) is 0.492. The largest absolute Gasteiger partial charge is 0.492 e. The fourth-order valence-electron chi connectivity index (χ4n) is 3.02. The van der Waals surface area contributed by atoms with Crippen molar-refractivity contribution in [2.45, 2.75) is 38.1 Å². The Labute approximate surface area is 173 Å². The highest BCUT2D eigenvalue weighted by atomic mass is 32.2. The van der Waals surface area contributed by atoms with Gasteiger partial charge in [0.15, 0.2) is 15.8 Å². The van der Waals surface area contributed by atoms with Gasteiger partial charge in [-0.1, -0.05) is 0 Å². The lowest BCUT2D eigenvalue weighted by molar-refractivity contribution is 0.321. The van der Waals surface area contributed by atoms with Gasteiger partial charge in [0.2, 0.25) is 0 Å². The van der Waals surface area contributed by atoms with Gasteiger partial charge in [0, 0.05) is 32.1 Å². The van der Waals surface area contributed by atoms with E-state index in [4.69, 9.17) is 4.74 Å². The summed E-state index contributed by atoms with van der Waals surface area (Å²) >= 11 is 0. The Morgan fingerprint density at radius 3 is 2.45 bits per heavy atom. The lowest BCUT2D eigenvalue weighted by Crippen LogP contribution is -2.44. The number of aromatic nitrogens is 2. The number of ether oxygens (including phenoxy) is 1. The van der Waals surface area contributed by atoms with Crippen LogP contribution in [0.15, 0.2) is 34.2 Å². The topological polar surface area (TPSA) is 97.6 Å². The first-order chi connectivity index (χ1) is 13.6. The lowest BCUT2D eigenvalue weighted by atomic mass is 10.1. The van der Waals surface area contributed by atoms with E-state index in [0.717, 1.165) is 12.1 Å². The Hall–Kier alpha value is -2.55. The zero-order valence-corrected chi connectivity index (χ0v) is 18.8. The molecule has 0 aliphatic heterocycles. The zero-order chi connectivity index (χ0) is 21.6. The summed E-state index contributed by atoms with van der Waals surface area (Å²) in [4.78, 5) is 4.53. The molecule has 1 heterocycles. The molecule has 1 aromatic heterocycles. The maximum absolute atomic E-state index is 11.5. The Kier molecular flexibility index (Phi) is 7.66. The van der Waals surface area contributed by atoms with E-state index in [1.54, 1.807) is 31.3 Å². The summed E-state index contributed by atoms with van der Waals surface area (Å²) in [5, 5.41) is 11.1. The van der Waals surface area contributed by atoms with Crippen LogP contribution in [-0.4, -0.2) is 56.7 Å². The molecular weight excluding hydrogens is 390 g/mol. The Morgan fingerprint density at radius 1 is 1.28 bits per heavy atom. The third-order valence-electron chi connectivity index (χ3n) is 4.69. The first-order valence-electron chi connectivity index (χ1n) is 9.51. The molecular formula is C20H31N5O3S. The molecule has 0 bridgehead atoms. The minimum absolute atomic E-state index is 0.187. The molecule has 0 spiro atoms. The molecule has 2 N–H and O–H groups in total. The number of hydrogen-bond acceptors (Lipinski definition) is 5. The van der Waals surface area contributed by atoms with Crippen LogP contribution in [0.5, 0.6) is 5.75 Å². The Bertz CT molecular complexity index is 949.